The lowest BCUT2D eigenvalue weighted by molar-refractivity contribution is 0.227. The van der Waals surface area contributed by atoms with E-state index in [4.69, 9.17) is 15.9 Å². The minimum absolute atomic E-state index is 0.0580. The van der Waals surface area contributed by atoms with Crippen LogP contribution in [-0.4, -0.2) is 11.9 Å². The average molecular weight is 220 g/mol. The van der Waals surface area contributed by atoms with E-state index in [1.165, 1.54) is 11.1 Å². The smallest absolute Gasteiger partial charge is 0.123 e. The van der Waals surface area contributed by atoms with Crippen LogP contribution in [0.15, 0.2) is 12.1 Å². The van der Waals surface area contributed by atoms with Crippen LogP contribution in [0, 0.1) is 26.2 Å². The highest BCUT2D eigenvalue weighted by molar-refractivity contribution is 5.77. The van der Waals surface area contributed by atoms with Gasteiger partial charge in [-0.05, 0) is 50.5 Å². The summed E-state index contributed by atoms with van der Waals surface area (Å²) in [6.45, 7) is 8.10. The van der Waals surface area contributed by atoms with Gasteiger partial charge in [0.25, 0.3) is 0 Å². The SMILES string of the molecule is Cc1cc(C)c(C)c(OC(C)CC(=N)N)c1. The Morgan fingerprint density at radius 3 is 2.56 bits per heavy atom. The number of amidine groups is 1. The highest BCUT2D eigenvalue weighted by atomic mass is 16.5. The molecule has 0 radical (unpaired) electrons. The maximum absolute atomic E-state index is 7.23. The molecule has 3 nitrogen and oxygen atoms in total. The number of hydrogen-bond acceptors (Lipinski definition) is 2. The molecular weight excluding hydrogens is 200 g/mol. The van der Waals surface area contributed by atoms with Crippen LogP contribution in [0.1, 0.15) is 30.0 Å². The molecule has 1 rings (SSSR count). The largest absolute Gasteiger partial charge is 0.490 e. The summed E-state index contributed by atoms with van der Waals surface area (Å²) in [6.07, 6.45) is 0.407. The zero-order valence-electron chi connectivity index (χ0n) is 10.4. The van der Waals surface area contributed by atoms with E-state index in [0.717, 1.165) is 11.3 Å². The number of nitrogens with one attached hydrogen (secondary N) is 1. The Morgan fingerprint density at radius 2 is 2.00 bits per heavy atom. The Balaban J connectivity index is 2.84. The van der Waals surface area contributed by atoms with Crippen LogP contribution in [-0.2, 0) is 0 Å². The molecule has 1 aromatic carbocycles. The first-order chi connectivity index (χ1) is 7.40. The Morgan fingerprint density at radius 1 is 1.38 bits per heavy atom. The monoisotopic (exact) mass is 220 g/mol. The van der Waals surface area contributed by atoms with Crippen molar-refractivity contribution in [2.24, 2.45) is 5.73 Å². The molecule has 0 saturated carbocycles. The lowest BCUT2D eigenvalue weighted by Crippen LogP contribution is -2.22. The molecule has 0 fully saturated rings. The predicted octanol–water partition coefficient (Wildman–Crippen LogP) is 2.71. The highest BCUT2D eigenvalue weighted by Crippen LogP contribution is 2.24. The molecule has 1 aromatic rings. The van der Waals surface area contributed by atoms with E-state index in [0.29, 0.717) is 6.42 Å². The summed E-state index contributed by atoms with van der Waals surface area (Å²) >= 11 is 0. The van der Waals surface area contributed by atoms with Crippen LogP contribution in [0.5, 0.6) is 5.75 Å². The summed E-state index contributed by atoms with van der Waals surface area (Å²) in [7, 11) is 0. The van der Waals surface area contributed by atoms with Crippen molar-refractivity contribution in [3.63, 3.8) is 0 Å². The van der Waals surface area contributed by atoms with Crippen molar-refractivity contribution in [3.05, 3.63) is 28.8 Å². The standard InChI is InChI=1S/C13H20N2O/c1-8-5-9(2)11(4)12(6-8)16-10(3)7-13(14)15/h5-6,10H,7H2,1-4H3,(H3,14,15). The topological polar surface area (TPSA) is 59.1 Å². The molecule has 1 atom stereocenters. The van der Waals surface area contributed by atoms with Crippen LogP contribution in [0.4, 0.5) is 0 Å². The first-order valence-electron chi connectivity index (χ1n) is 5.47. The van der Waals surface area contributed by atoms with E-state index < -0.39 is 0 Å². The molecule has 1 unspecified atom stereocenters. The molecule has 0 heterocycles. The van der Waals surface area contributed by atoms with Crippen LogP contribution in [0.2, 0.25) is 0 Å². The number of nitrogens with two attached hydrogens (primary N) is 1. The second-order valence-electron chi connectivity index (χ2n) is 4.36. The highest BCUT2D eigenvalue weighted by Gasteiger charge is 2.09. The van der Waals surface area contributed by atoms with Gasteiger partial charge in [0.1, 0.15) is 11.9 Å². The van der Waals surface area contributed by atoms with Gasteiger partial charge in [0.2, 0.25) is 0 Å². The van der Waals surface area contributed by atoms with Gasteiger partial charge in [-0.25, -0.2) is 0 Å². The predicted molar refractivity (Wildman–Crippen MR) is 67.3 cm³/mol. The quantitative estimate of drug-likeness (QED) is 0.605. The van der Waals surface area contributed by atoms with Crippen molar-refractivity contribution in [2.75, 3.05) is 0 Å². The van der Waals surface area contributed by atoms with Gasteiger partial charge in [-0.2, -0.15) is 0 Å². The normalized spacial score (nSPS) is 12.2. The first-order valence-corrected chi connectivity index (χ1v) is 5.47. The van der Waals surface area contributed by atoms with Crippen LogP contribution < -0.4 is 10.5 Å². The fraction of sp³-hybridized carbons (Fsp3) is 0.462. The van der Waals surface area contributed by atoms with E-state index >= 15 is 0 Å². The van der Waals surface area contributed by atoms with Gasteiger partial charge >= 0.3 is 0 Å². The molecule has 0 saturated heterocycles. The van der Waals surface area contributed by atoms with E-state index in [9.17, 15) is 0 Å². The average Bonchev–Trinajstić information content (AvgIpc) is 2.11. The summed E-state index contributed by atoms with van der Waals surface area (Å²) in [5.41, 5.74) is 8.92. The van der Waals surface area contributed by atoms with Crippen LogP contribution in [0.25, 0.3) is 0 Å². The van der Waals surface area contributed by atoms with E-state index in [2.05, 4.69) is 19.9 Å². The summed E-state index contributed by atoms with van der Waals surface area (Å²) < 4.78 is 5.80. The Bertz CT molecular complexity index is 399. The van der Waals surface area contributed by atoms with Gasteiger partial charge in [-0.15, -0.1) is 0 Å². The van der Waals surface area contributed by atoms with Crippen molar-refractivity contribution in [1.29, 1.82) is 5.41 Å². The molecule has 0 aliphatic heterocycles. The lowest BCUT2D eigenvalue weighted by atomic mass is 10.1. The molecule has 16 heavy (non-hydrogen) atoms. The zero-order valence-corrected chi connectivity index (χ0v) is 10.4. The molecule has 0 aliphatic rings. The second kappa shape index (κ2) is 5.01. The van der Waals surface area contributed by atoms with Gasteiger partial charge in [-0.1, -0.05) is 6.07 Å². The van der Waals surface area contributed by atoms with E-state index in [1.807, 2.05) is 19.9 Å². The van der Waals surface area contributed by atoms with Gasteiger partial charge in [0.05, 0.1) is 5.84 Å². The summed E-state index contributed by atoms with van der Waals surface area (Å²) in [5, 5.41) is 7.23. The first kappa shape index (κ1) is 12.6. The summed E-state index contributed by atoms with van der Waals surface area (Å²) in [4.78, 5) is 0. The van der Waals surface area contributed by atoms with Gasteiger partial charge in [-0.3, -0.25) is 5.41 Å². The summed E-state index contributed by atoms with van der Waals surface area (Å²) in [5.74, 6) is 1.06. The van der Waals surface area contributed by atoms with E-state index in [1.54, 1.807) is 0 Å². The van der Waals surface area contributed by atoms with Crippen molar-refractivity contribution in [1.82, 2.24) is 0 Å². The lowest BCUT2D eigenvalue weighted by Gasteiger charge is -2.17. The third kappa shape index (κ3) is 3.26. The number of hydrogen-bond donors (Lipinski definition) is 2. The maximum Gasteiger partial charge on any atom is 0.123 e. The third-order valence-corrected chi connectivity index (χ3v) is 2.60. The second-order valence-corrected chi connectivity index (χ2v) is 4.36. The van der Waals surface area contributed by atoms with Crippen molar-refractivity contribution in [2.45, 2.75) is 40.2 Å². The number of ether oxygens (including phenoxy) is 1. The number of benzene rings is 1. The molecule has 88 valence electrons. The number of aryl methyl sites for hydroxylation is 2. The van der Waals surface area contributed by atoms with Crippen LogP contribution >= 0.6 is 0 Å². The molecule has 0 bridgehead atoms. The van der Waals surface area contributed by atoms with Gasteiger partial charge in [0, 0.05) is 6.42 Å². The Labute approximate surface area is 97.1 Å². The zero-order chi connectivity index (χ0) is 12.3. The minimum Gasteiger partial charge on any atom is -0.490 e. The van der Waals surface area contributed by atoms with Gasteiger partial charge in [0.15, 0.2) is 0 Å². The summed E-state index contributed by atoms with van der Waals surface area (Å²) in [6, 6.07) is 4.16. The van der Waals surface area contributed by atoms with Crippen LogP contribution in [0.3, 0.4) is 0 Å². The fourth-order valence-electron chi connectivity index (χ4n) is 1.69. The fourth-order valence-corrected chi connectivity index (χ4v) is 1.69. The molecular formula is C13H20N2O. The van der Waals surface area contributed by atoms with Gasteiger partial charge < -0.3 is 10.5 Å². The third-order valence-electron chi connectivity index (χ3n) is 2.60. The minimum atomic E-state index is -0.0580. The molecule has 0 spiro atoms. The Hall–Kier alpha value is -1.51. The maximum atomic E-state index is 7.23. The van der Waals surface area contributed by atoms with Crippen molar-refractivity contribution < 1.29 is 4.74 Å². The van der Waals surface area contributed by atoms with Crippen molar-refractivity contribution >= 4 is 5.84 Å². The molecule has 0 aromatic heterocycles. The molecule has 0 aliphatic carbocycles. The molecule has 3 heteroatoms. The van der Waals surface area contributed by atoms with Crippen molar-refractivity contribution in [3.8, 4) is 5.75 Å². The molecule has 0 amide bonds. The van der Waals surface area contributed by atoms with E-state index in [-0.39, 0.29) is 11.9 Å². The number of rotatable bonds is 4. The molecule has 3 N–H and O–H groups in total. The Kier molecular flexibility index (Phi) is 3.93.